The highest BCUT2D eigenvalue weighted by atomic mass is 16.5. The maximum Gasteiger partial charge on any atom is 0.408 e. The largest absolute Gasteiger partial charge is 0.467 e. The molecule has 2 atom stereocenters. The van der Waals surface area contributed by atoms with E-state index < -0.39 is 23.6 Å². The van der Waals surface area contributed by atoms with Crippen LogP contribution in [-0.4, -0.2) is 58.1 Å². The van der Waals surface area contributed by atoms with Gasteiger partial charge in [-0.15, -0.1) is 0 Å². The first-order valence-corrected chi connectivity index (χ1v) is 11.4. The summed E-state index contributed by atoms with van der Waals surface area (Å²) in [6.45, 7) is 0.356. The Morgan fingerprint density at radius 2 is 1.80 bits per heavy atom. The number of H-pyrrole nitrogens is 1. The average molecular weight is 477 g/mol. The van der Waals surface area contributed by atoms with E-state index in [0.29, 0.717) is 12.1 Å². The number of aromatic nitrogens is 2. The van der Waals surface area contributed by atoms with E-state index in [2.05, 4.69) is 15.3 Å². The Kier molecular flexibility index (Phi) is 7.45. The lowest BCUT2D eigenvalue weighted by Crippen LogP contribution is -2.57. The van der Waals surface area contributed by atoms with E-state index in [1.165, 1.54) is 18.3 Å². The Bertz CT molecular complexity index is 1140. The quantitative estimate of drug-likeness (QED) is 0.459. The standard InChI is InChI=1S/C26H28N4O5/c1-34-23(31)22(14-21-16-27-18-28-21)30-13-12-26(24(30)32,15-19-8-4-2-5-9-19)29-25(33)35-17-20-10-6-3-7-11-20/h2-11,16,18,22H,12-15,17H2,1H3,(H,27,28)(H,29,33). The molecule has 1 saturated heterocycles. The Balaban J connectivity index is 1.56. The molecule has 1 fully saturated rings. The number of rotatable bonds is 9. The van der Waals surface area contributed by atoms with Gasteiger partial charge in [0.25, 0.3) is 0 Å². The summed E-state index contributed by atoms with van der Waals surface area (Å²) < 4.78 is 10.4. The van der Waals surface area contributed by atoms with E-state index in [9.17, 15) is 14.4 Å². The number of carbonyl (C=O) groups excluding carboxylic acids is 3. The summed E-state index contributed by atoms with van der Waals surface area (Å²) in [7, 11) is 1.29. The molecule has 0 radical (unpaired) electrons. The predicted molar refractivity (Wildman–Crippen MR) is 127 cm³/mol. The molecule has 0 spiro atoms. The lowest BCUT2D eigenvalue weighted by molar-refractivity contribution is -0.152. The molecule has 2 N–H and O–H groups in total. The van der Waals surface area contributed by atoms with Crippen molar-refractivity contribution < 1.29 is 23.9 Å². The number of methoxy groups -OCH3 is 1. The fourth-order valence-corrected chi connectivity index (χ4v) is 4.38. The number of alkyl carbamates (subject to hydrolysis) is 1. The van der Waals surface area contributed by atoms with E-state index in [1.807, 2.05) is 60.7 Å². The summed E-state index contributed by atoms with van der Waals surface area (Å²) in [5, 5.41) is 2.84. The monoisotopic (exact) mass is 476 g/mol. The molecule has 4 rings (SSSR count). The van der Waals surface area contributed by atoms with Crippen LogP contribution in [0.1, 0.15) is 23.2 Å². The summed E-state index contributed by atoms with van der Waals surface area (Å²) in [6, 6.07) is 17.9. The van der Waals surface area contributed by atoms with Crippen LogP contribution in [0, 0.1) is 0 Å². The maximum atomic E-state index is 13.9. The first-order valence-electron chi connectivity index (χ1n) is 11.4. The van der Waals surface area contributed by atoms with Crippen LogP contribution < -0.4 is 5.32 Å². The Morgan fingerprint density at radius 3 is 2.43 bits per heavy atom. The third-order valence-electron chi connectivity index (χ3n) is 6.17. The number of imidazole rings is 1. The van der Waals surface area contributed by atoms with E-state index in [4.69, 9.17) is 9.47 Å². The van der Waals surface area contributed by atoms with Crippen molar-refractivity contribution in [3.8, 4) is 0 Å². The predicted octanol–water partition coefficient (Wildman–Crippen LogP) is 2.63. The topological polar surface area (TPSA) is 114 Å². The summed E-state index contributed by atoms with van der Waals surface area (Å²) in [5.74, 6) is -0.886. The highest BCUT2D eigenvalue weighted by Gasteiger charge is 2.51. The van der Waals surface area contributed by atoms with Crippen molar-refractivity contribution in [2.75, 3.05) is 13.7 Å². The molecule has 0 saturated carbocycles. The van der Waals surface area contributed by atoms with Crippen molar-refractivity contribution in [2.45, 2.75) is 37.5 Å². The third kappa shape index (κ3) is 5.68. The lowest BCUT2D eigenvalue weighted by atomic mass is 9.89. The minimum atomic E-state index is -1.25. The van der Waals surface area contributed by atoms with Crippen molar-refractivity contribution >= 4 is 18.0 Å². The molecule has 0 bridgehead atoms. The molecule has 2 aromatic carbocycles. The smallest absolute Gasteiger partial charge is 0.408 e. The second-order valence-electron chi connectivity index (χ2n) is 8.50. The minimum Gasteiger partial charge on any atom is -0.467 e. The number of aromatic amines is 1. The maximum absolute atomic E-state index is 13.9. The van der Waals surface area contributed by atoms with Gasteiger partial charge in [-0.3, -0.25) is 4.79 Å². The summed E-state index contributed by atoms with van der Waals surface area (Å²) in [4.78, 5) is 47.8. The third-order valence-corrected chi connectivity index (χ3v) is 6.17. The molecule has 2 unspecified atom stereocenters. The molecular formula is C26H28N4O5. The fourth-order valence-electron chi connectivity index (χ4n) is 4.38. The second-order valence-corrected chi connectivity index (χ2v) is 8.50. The normalized spacial score (nSPS) is 18.2. The molecule has 9 heteroatoms. The first kappa shape index (κ1) is 24.0. The van der Waals surface area contributed by atoms with Crippen LogP contribution >= 0.6 is 0 Å². The van der Waals surface area contributed by atoms with Crippen LogP contribution in [-0.2, 0) is 38.5 Å². The SMILES string of the molecule is COC(=O)C(Cc1cnc[nH]1)N1CCC(Cc2ccccc2)(NC(=O)OCc2ccccc2)C1=O. The van der Waals surface area contributed by atoms with Crippen molar-refractivity contribution in [1.29, 1.82) is 0 Å². The van der Waals surface area contributed by atoms with E-state index in [1.54, 1.807) is 6.20 Å². The molecule has 1 aromatic heterocycles. The fraction of sp³-hybridized carbons (Fsp3) is 0.308. The molecule has 1 aliphatic rings. The molecule has 3 aromatic rings. The molecular weight excluding hydrogens is 448 g/mol. The number of carbonyl (C=O) groups is 3. The number of hydrogen-bond acceptors (Lipinski definition) is 6. The minimum absolute atomic E-state index is 0.0800. The molecule has 182 valence electrons. The first-order chi connectivity index (χ1) is 17.0. The van der Waals surface area contributed by atoms with E-state index in [0.717, 1.165) is 11.1 Å². The zero-order chi connectivity index (χ0) is 24.7. The van der Waals surface area contributed by atoms with Crippen molar-refractivity contribution in [3.63, 3.8) is 0 Å². The molecule has 1 aliphatic heterocycles. The summed E-state index contributed by atoms with van der Waals surface area (Å²) in [6.07, 6.45) is 3.23. The number of benzene rings is 2. The number of ether oxygens (including phenoxy) is 2. The van der Waals surface area contributed by atoms with Crippen LogP contribution in [0.25, 0.3) is 0 Å². The van der Waals surface area contributed by atoms with Gasteiger partial charge in [-0.25, -0.2) is 14.6 Å². The molecule has 35 heavy (non-hydrogen) atoms. The van der Waals surface area contributed by atoms with Gasteiger partial charge in [-0.2, -0.15) is 0 Å². The van der Waals surface area contributed by atoms with Crippen LogP contribution in [0.15, 0.2) is 73.2 Å². The number of amides is 2. The Morgan fingerprint density at radius 1 is 1.11 bits per heavy atom. The number of nitrogens with zero attached hydrogens (tertiary/aromatic N) is 2. The zero-order valence-electron chi connectivity index (χ0n) is 19.5. The van der Waals surface area contributed by atoms with Gasteiger partial charge in [0.1, 0.15) is 18.2 Å². The van der Waals surface area contributed by atoms with Gasteiger partial charge < -0.3 is 24.7 Å². The highest BCUT2D eigenvalue weighted by Crippen LogP contribution is 2.30. The second kappa shape index (κ2) is 10.9. The highest BCUT2D eigenvalue weighted by molar-refractivity contribution is 5.95. The number of esters is 1. The van der Waals surface area contributed by atoms with Crippen LogP contribution in [0.2, 0.25) is 0 Å². The molecule has 9 nitrogen and oxygen atoms in total. The van der Waals surface area contributed by atoms with Crippen molar-refractivity contribution in [1.82, 2.24) is 20.2 Å². The van der Waals surface area contributed by atoms with Gasteiger partial charge in [-0.05, 0) is 17.5 Å². The molecule has 0 aliphatic carbocycles. The van der Waals surface area contributed by atoms with Crippen molar-refractivity contribution in [3.05, 3.63) is 90.0 Å². The number of nitrogens with one attached hydrogen (secondary N) is 2. The van der Waals surface area contributed by atoms with Gasteiger partial charge >= 0.3 is 12.1 Å². The lowest BCUT2D eigenvalue weighted by Gasteiger charge is -2.31. The van der Waals surface area contributed by atoms with Gasteiger partial charge in [0, 0.05) is 31.3 Å². The number of likely N-dealkylation sites (tertiary alicyclic amines) is 1. The average Bonchev–Trinajstić information content (AvgIpc) is 3.50. The van der Waals surface area contributed by atoms with Gasteiger partial charge in [0.05, 0.1) is 13.4 Å². The van der Waals surface area contributed by atoms with Crippen LogP contribution in [0.5, 0.6) is 0 Å². The molecule has 2 heterocycles. The van der Waals surface area contributed by atoms with Gasteiger partial charge in [-0.1, -0.05) is 60.7 Å². The van der Waals surface area contributed by atoms with Gasteiger partial charge in [0.15, 0.2) is 0 Å². The summed E-state index contributed by atoms with van der Waals surface area (Å²) in [5.41, 5.74) is 1.16. The van der Waals surface area contributed by atoms with Crippen molar-refractivity contribution in [2.24, 2.45) is 0 Å². The van der Waals surface area contributed by atoms with Gasteiger partial charge in [0.2, 0.25) is 5.91 Å². The van der Waals surface area contributed by atoms with Crippen LogP contribution in [0.3, 0.4) is 0 Å². The Hall–Kier alpha value is -4.14. The van der Waals surface area contributed by atoms with E-state index >= 15 is 0 Å². The summed E-state index contributed by atoms with van der Waals surface area (Å²) >= 11 is 0. The van der Waals surface area contributed by atoms with Crippen LogP contribution in [0.4, 0.5) is 4.79 Å². The Labute approximate surface area is 203 Å². The number of hydrogen-bond donors (Lipinski definition) is 2. The zero-order valence-corrected chi connectivity index (χ0v) is 19.5. The van der Waals surface area contributed by atoms with E-state index in [-0.39, 0.29) is 31.9 Å². The molecule has 2 amide bonds.